The molecule has 0 spiro atoms. The minimum absolute atomic E-state index is 0.135. The van der Waals surface area contributed by atoms with Gasteiger partial charge in [-0.1, -0.05) is 62.7 Å². The highest BCUT2D eigenvalue weighted by atomic mass is 35.5. The number of likely N-dealkylation sites (N-methyl/N-ethyl adjacent to an activating group) is 1. The molecule has 2 atom stereocenters. The average molecular weight is 343 g/mol. The first-order chi connectivity index (χ1) is 11.3. The third-order valence-electron chi connectivity index (χ3n) is 5.16. The Kier molecular flexibility index (Phi) is 4.74. The first kappa shape index (κ1) is 17.5. The van der Waals surface area contributed by atoms with Gasteiger partial charge < -0.3 is 5.73 Å². The number of benzene rings is 2. The smallest absolute Gasteiger partial charge is 0.0470 e. The standard InChI is InChI=1S/C21H27ClN2/c1-21(2,3)15-8-9-17-18(11-15)20(12-23)24(4)13-19(17)14-6-5-7-16(22)10-14/h5-11,19-20H,12-13,23H2,1-4H3. The van der Waals surface area contributed by atoms with E-state index in [0.29, 0.717) is 12.5 Å². The van der Waals surface area contributed by atoms with Gasteiger partial charge in [-0.15, -0.1) is 0 Å². The van der Waals surface area contributed by atoms with Crippen molar-refractivity contribution in [2.24, 2.45) is 5.73 Å². The summed E-state index contributed by atoms with van der Waals surface area (Å²) in [5, 5.41) is 0.795. The molecule has 1 heterocycles. The first-order valence-corrected chi connectivity index (χ1v) is 8.99. The van der Waals surface area contributed by atoms with Crippen molar-refractivity contribution in [2.45, 2.75) is 38.1 Å². The number of hydrogen-bond acceptors (Lipinski definition) is 2. The molecule has 2 unspecified atom stereocenters. The second kappa shape index (κ2) is 6.51. The Bertz CT molecular complexity index is 733. The molecular weight excluding hydrogens is 316 g/mol. The lowest BCUT2D eigenvalue weighted by molar-refractivity contribution is 0.223. The van der Waals surface area contributed by atoms with Crippen LogP contribution in [-0.2, 0) is 5.41 Å². The molecule has 0 radical (unpaired) electrons. The van der Waals surface area contributed by atoms with Gasteiger partial charge in [-0.2, -0.15) is 0 Å². The largest absolute Gasteiger partial charge is 0.329 e. The van der Waals surface area contributed by atoms with Gasteiger partial charge in [-0.05, 0) is 46.8 Å². The van der Waals surface area contributed by atoms with Crippen LogP contribution in [0.15, 0.2) is 42.5 Å². The number of halogens is 1. The fourth-order valence-electron chi connectivity index (χ4n) is 3.71. The second-order valence-electron chi connectivity index (χ2n) is 7.89. The van der Waals surface area contributed by atoms with Gasteiger partial charge in [-0.3, -0.25) is 4.90 Å². The lowest BCUT2D eigenvalue weighted by atomic mass is 9.77. The van der Waals surface area contributed by atoms with E-state index < -0.39 is 0 Å². The summed E-state index contributed by atoms with van der Waals surface area (Å²) in [6, 6.07) is 15.4. The molecule has 24 heavy (non-hydrogen) atoms. The molecule has 0 aliphatic carbocycles. The van der Waals surface area contributed by atoms with E-state index in [0.717, 1.165) is 11.6 Å². The maximum absolute atomic E-state index is 6.23. The number of rotatable bonds is 2. The van der Waals surface area contributed by atoms with Crippen molar-refractivity contribution in [3.63, 3.8) is 0 Å². The van der Waals surface area contributed by atoms with E-state index in [2.05, 4.69) is 63.1 Å². The van der Waals surface area contributed by atoms with Crippen molar-refractivity contribution < 1.29 is 0 Å². The van der Waals surface area contributed by atoms with Crippen LogP contribution in [0.5, 0.6) is 0 Å². The Morgan fingerprint density at radius 1 is 1.12 bits per heavy atom. The zero-order valence-corrected chi connectivity index (χ0v) is 15.8. The fraction of sp³-hybridized carbons (Fsp3) is 0.429. The van der Waals surface area contributed by atoms with Crippen LogP contribution < -0.4 is 5.73 Å². The summed E-state index contributed by atoms with van der Waals surface area (Å²) in [5.74, 6) is 0.334. The Morgan fingerprint density at radius 2 is 1.88 bits per heavy atom. The van der Waals surface area contributed by atoms with Crippen molar-refractivity contribution in [1.82, 2.24) is 4.90 Å². The van der Waals surface area contributed by atoms with Crippen LogP contribution in [0.2, 0.25) is 5.02 Å². The summed E-state index contributed by atoms with van der Waals surface area (Å²) >= 11 is 6.23. The van der Waals surface area contributed by atoms with Crippen molar-refractivity contribution in [2.75, 3.05) is 20.1 Å². The van der Waals surface area contributed by atoms with Crippen molar-refractivity contribution in [3.05, 3.63) is 69.7 Å². The Hall–Kier alpha value is -1.35. The number of nitrogens with two attached hydrogens (primary N) is 1. The summed E-state index contributed by atoms with van der Waals surface area (Å²) in [4.78, 5) is 2.38. The molecule has 0 amide bonds. The minimum atomic E-state index is 0.135. The Balaban J connectivity index is 2.13. The minimum Gasteiger partial charge on any atom is -0.329 e. The highest BCUT2D eigenvalue weighted by Crippen LogP contribution is 2.40. The molecule has 2 aromatic carbocycles. The van der Waals surface area contributed by atoms with Gasteiger partial charge in [0.05, 0.1) is 0 Å². The van der Waals surface area contributed by atoms with Crippen LogP contribution in [0.3, 0.4) is 0 Å². The molecule has 128 valence electrons. The van der Waals surface area contributed by atoms with E-state index in [9.17, 15) is 0 Å². The molecule has 3 rings (SSSR count). The van der Waals surface area contributed by atoms with Crippen LogP contribution in [0.4, 0.5) is 0 Å². The van der Waals surface area contributed by atoms with E-state index in [1.54, 1.807) is 0 Å². The van der Waals surface area contributed by atoms with Crippen molar-refractivity contribution >= 4 is 11.6 Å². The molecule has 0 aromatic heterocycles. The number of nitrogens with zero attached hydrogens (tertiary/aromatic N) is 1. The van der Waals surface area contributed by atoms with Gasteiger partial charge >= 0.3 is 0 Å². The Labute approximate surface area is 150 Å². The Morgan fingerprint density at radius 3 is 2.50 bits per heavy atom. The number of hydrogen-bond donors (Lipinski definition) is 1. The lowest BCUT2D eigenvalue weighted by Crippen LogP contribution is -2.39. The molecule has 0 bridgehead atoms. The quantitative estimate of drug-likeness (QED) is 0.856. The molecule has 1 aliphatic rings. The zero-order valence-electron chi connectivity index (χ0n) is 15.0. The topological polar surface area (TPSA) is 29.3 Å². The summed E-state index contributed by atoms with van der Waals surface area (Å²) < 4.78 is 0. The first-order valence-electron chi connectivity index (χ1n) is 8.61. The predicted molar refractivity (Wildman–Crippen MR) is 103 cm³/mol. The third kappa shape index (κ3) is 3.23. The molecule has 0 saturated carbocycles. The van der Waals surface area contributed by atoms with Crippen LogP contribution in [-0.4, -0.2) is 25.0 Å². The normalized spacial score (nSPS) is 21.6. The molecule has 3 heteroatoms. The SMILES string of the molecule is CN1CC(c2cccc(Cl)c2)c2ccc(C(C)(C)C)cc2C1CN. The fourth-order valence-corrected chi connectivity index (χ4v) is 3.91. The van der Waals surface area contributed by atoms with E-state index in [-0.39, 0.29) is 11.5 Å². The van der Waals surface area contributed by atoms with Crippen LogP contribution >= 0.6 is 11.6 Å². The van der Waals surface area contributed by atoms with E-state index >= 15 is 0 Å². The van der Waals surface area contributed by atoms with Crippen molar-refractivity contribution in [1.29, 1.82) is 0 Å². The van der Waals surface area contributed by atoms with Crippen molar-refractivity contribution in [3.8, 4) is 0 Å². The average Bonchev–Trinajstić information content (AvgIpc) is 2.52. The molecule has 2 nitrogen and oxygen atoms in total. The summed E-state index contributed by atoms with van der Waals surface area (Å²) in [5.41, 5.74) is 11.6. The zero-order chi connectivity index (χ0) is 17.5. The molecule has 1 aliphatic heterocycles. The van der Waals surface area contributed by atoms with Crippen LogP contribution in [0.1, 0.15) is 55.0 Å². The molecule has 0 fully saturated rings. The summed E-state index contributed by atoms with van der Waals surface area (Å²) in [7, 11) is 2.17. The third-order valence-corrected chi connectivity index (χ3v) is 5.40. The van der Waals surface area contributed by atoms with E-state index in [1.807, 2.05) is 12.1 Å². The summed E-state index contributed by atoms with van der Waals surface area (Å²) in [6.45, 7) is 8.37. The molecule has 2 aromatic rings. The van der Waals surface area contributed by atoms with Gasteiger partial charge in [-0.25, -0.2) is 0 Å². The van der Waals surface area contributed by atoms with Gasteiger partial charge in [0.2, 0.25) is 0 Å². The predicted octanol–water partition coefficient (Wildman–Crippen LogP) is 4.71. The van der Waals surface area contributed by atoms with E-state index in [1.165, 1.54) is 22.3 Å². The molecule has 0 saturated heterocycles. The van der Waals surface area contributed by atoms with Crippen LogP contribution in [0.25, 0.3) is 0 Å². The number of fused-ring (bicyclic) bond motifs is 1. The van der Waals surface area contributed by atoms with Gasteiger partial charge in [0.15, 0.2) is 0 Å². The lowest BCUT2D eigenvalue weighted by Gasteiger charge is -2.40. The van der Waals surface area contributed by atoms with Gasteiger partial charge in [0, 0.05) is 30.1 Å². The molecular formula is C21H27ClN2. The van der Waals surface area contributed by atoms with E-state index in [4.69, 9.17) is 17.3 Å². The monoisotopic (exact) mass is 342 g/mol. The highest BCUT2D eigenvalue weighted by Gasteiger charge is 2.32. The van der Waals surface area contributed by atoms with Gasteiger partial charge in [0.1, 0.15) is 0 Å². The summed E-state index contributed by atoms with van der Waals surface area (Å²) in [6.07, 6.45) is 0. The second-order valence-corrected chi connectivity index (χ2v) is 8.33. The maximum atomic E-state index is 6.23. The van der Waals surface area contributed by atoms with Crippen LogP contribution in [0, 0.1) is 0 Å². The highest BCUT2D eigenvalue weighted by molar-refractivity contribution is 6.30. The molecule has 2 N–H and O–H groups in total. The van der Waals surface area contributed by atoms with Gasteiger partial charge in [0.25, 0.3) is 0 Å². The maximum Gasteiger partial charge on any atom is 0.0470 e.